The average Bonchev–Trinajstić information content (AvgIpc) is 2.35. The summed E-state index contributed by atoms with van der Waals surface area (Å²) in [6, 6.07) is 5.71. The van der Waals surface area contributed by atoms with Gasteiger partial charge in [-0.25, -0.2) is 0 Å². The van der Waals surface area contributed by atoms with Gasteiger partial charge in [-0.3, -0.25) is 14.9 Å². The van der Waals surface area contributed by atoms with E-state index in [9.17, 15) is 14.9 Å². The molecule has 1 rings (SSSR count). The summed E-state index contributed by atoms with van der Waals surface area (Å²) in [6.07, 6.45) is 0.530. The van der Waals surface area contributed by atoms with Gasteiger partial charge in [0.2, 0.25) is 5.91 Å². The molecule has 1 atom stereocenters. The molecule has 6 nitrogen and oxygen atoms in total. The molecule has 1 aromatic carbocycles. The van der Waals surface area contributed by atoms with Crippen molar-refractivity contribution in [2.75, 3.05) is 0 Å². The van der Waals surface area contributed by atoms with Gasteiger partial charge < -0.3 is 11.1 Å². The van der Waals surface area contributed by atoms with Crippen LogP contribution in [0.3, 0.4) is 0 Å². The SMILES string of the molecule is CC[C@H](N)C(=O)NCc1ccccc1[N+](=O)[O-]. The van der Waals surface area contributed by atoms with E-state index in [4.69, 9.17) is 5.73 Å². The van der Waals surface area contributed by atoms with E-state index in [-0.39, 0.29) is 18.1 Å². The van der Waals surface area contributed by atoms with E-state index < -0.39 is 11.0 Å². The molecule has 0 aromatic heterocycles. The second kappa shape index (κ2) is 5.95. The van der Waals surface area contributed by atoms with Gasteiger partial charge in [-0.2, -0.15) is 0 Å². The fourth-order valence-corrected chi connectivity index (χ4v) is 1.34. The van der Waals surface area contributed by atoms with Gasteiger partial charge in [0.1, 0.15) is 0 Å². The number of benzene rings is 1. The minimum atomic E-state index is -0.572. The highest BCUT2D eigenvalue weighted by atomic mass is 16.6. The Balaban J connectivity index is 2.69. The summed E-state index contributed by atoms with van der Waals surface area (Å²) in [5, 5.41) is 13.3. The van der Waals surface area contributed by atoms with Crippen LogP contribution in [-0.4, -0.2) is 16.9 Å². The minimum absolute atomic E-state index is 0.00197. The summed E-state index contributed by atoms with van der Waals surface area (Å²) < 4.78 is 0. The van der Waals surface area contributed by atoms with Crippen LogP contribution < -0.4 is 11.1 Å². The maximum atomic E-state index is 11.4. The molecule has 0 radical (unpaired) electrons. The lowest BCUT2D eigenvalue weighted by Gasteiger charge is -2.10. The Hall–Kier alpha value is -1.95. The van der Waals surface area contributed by atoms with Gasteiger partial charge in [0.05, 0.1) is 11.0 Å². The fraction of sp³-hybridized carbons (Fsp3) is 0.364. The molecular weight excluding hydrogens is 222 g/mol. The van der Waals surface area contributed by atoms with Gasteiger partial charge in [0.15, 0.2) is 0 Å². The number of rotatable bonds is 5. The molecule has 3 N–H and O–H groups in total. The highest BCUT2D eigenvalue weighted by Gasteiger charge is 2.15. The Morgan fingerprint density at radius 1 is 1.53 bits per heavy atom. The summed E-state index contributed by atoms with van der Waals surface area (Å²) >= 11 is 0. The van der Waals surface area contributed by atoms with Gasteiger partial charge in [-0.15, -0.1) is 0 Å². The molecule has 92 valence electrons. The monoisotopic (exact) mass is 237 g/mol. The zero-order chi connectivity index (χ0) is 12.8. The second-order valence-corrected chi connectivity index (χ2v) is 3.62. The molecule has 0 aliphatic carbocycles. The molecule has 0 fully saturated rings. The van der Waals surface area contributed by atoms with E-state index in [2.05, 4.69) is 5.32 Å². The molecule has 1 aromatic rings. The van der Waals surface area contributed by atoms with Crippen molar-refractivity contribution in [3.8, 4) is 0 Å². The van der Waals surface area contributed by atoms with Crippen LogP contribution in [0, 0.1) is 10.1 Å². The number of nitro benzene ring substituents is 1. The van der Waals surface area contributed by atoms with Crippen molar-refractivity contribution in [1.29, 1.82) is 0 Å². The smallest absolute Gasteiger partial charge is 0.274 e. The predicted octanol–water partition coefficient (Wildman–Crippen LogP) is 0.948. The molecule has 0 aliphatic heterocycles. The van der Waals surface area contributed by atoms with E-state index >= 15 is 0 Å². The number of nitro groups is 1. The van der Waals surface area contributed by atoms with Crippen LogP contribution in [0.15, 0.2) is 24.3 Å². The Morgan fingerprint density at radius 2 is 2.18 bits per heavy atom. The lowest BCUT2D eigenvalue weighted by Crippen LogP contribution is -2.39. The molecule has 0 unspecified atom stereocenters. The Labute approximate surface area is 99.0 Å². The highest BCUT2D eigenvalue weighted by Crippen LogP contribution is 2.16. The Kier molecular flexibility index (Phi) is 4.59. The van der Waals surface area contributed by atoms with Crippen molar-refractivity contribution >= 4 is 11.6 Å². The first-order valence-electron chi connectivity index (χ1n) is 5.31. The fourth-order valence-electron chi connectivity index (χ4n) is 1.34. The minimum Gasteiger partial charge on any atom is -0.350 e. The van der Waals surface area contributed by atoms with Crippen molar-refractivity contribution in [1.82, 2.24) is 5.32 Å². The molecule has 0 bridgehead atoms. The molecular formula is C11H15N3O3. The largest absolute Gasteiger partial charge is 0.350 e. The van der Waals surface area contributed by atoms with Crippen molar-refractivity contribution < 1.29 is 9.72 Å². The van der Waals surface area contributed by atoms with Crippen LogP contribution in [-0.2, 0) is 11.3 Å². The average molecular weight is 237 g/mol. The van der Waals surface area contributed by atoms with E-state index in [1.54, 1.807) is 25.1 Å². The molecule has 0 spiro atoms. The first-order chi connectivity index (χ1) is 8.06. The number of nitrogens with one attached hydrogen (secondary N) is 1. The number of nitrogens with two attached hydrogens (primary N) is 1. The van der Waals surface area contributed by atoms with Crippen molar-refractivity contribution in [3.63, 3.8) is 0 Å². The van der Waals surface area contributed by atoms with E-state index in [1.165, 1.54) is 6.07 Å². The summed E-state index contributed by atoms with van der Waals surface area (Å²) in [5.74, 6) is -0.300. The third kappa shape index (κ3) is 3.53. The van der Waals surface area contributed by atoms with Crippen LogP contribution in [0.4, 0.5) is 5.69 Å². The number of para-hydroxylation sites is 1. The number of carbonyl (C=O) groups excluding carboxylic acids is 1. The first-order valence-corrected chi connectivity index (χ1v) is 5.31. The predicted molar refractivity (Wildman–Crippen MR) is 63.2 cm³/mol. The van der Waals surface area contributed by atoms with Gasteiger partial charge in [-0.1, -0.05) is 25.1 Å². The molecule has 1 amide bonds. The Morgan fingerprint density at radius 3 is 2.76 bits per heavy atom. The third-order valence-corrected chi connectivity index (χ3v) is 2.42. The van der Waals surface area contributed by atoms with Gasteiger partial charge in [-0.05, 0) is 6.42 Å². The van der Waals surface area contributed by atoms with Crippen LogP contribution in [0.1, 0.15) is 18.9 Å². The van der Waals surface area contributed by atoms with Crippen LogP contribution in [0.2, 0.25) is 0 Å². The van der Waals surface area contributed by atoms with E-state index in [1.807, 2.05) is 0 Å². The summed E-state index contributed by atoms with van der Waals surface area (Å²) in [4.78, 5) is 21.7. The van der Waals surface area contributed by atoms with Gasteiger partial charge in [0, 0.05) is 18.2 Å². The maximum Gasteiger partial charge on any atom is 0.274 e. The van der Waals surface area contributed by atoms with Gasteiger partial charge in [0.25, 0.3) is 5.69 Å². The third-order valence-electron chi connectivity index (χ3n) is 2.42. The van der Waals surface area contributed by atoms with Crippen molar-refractivity contribution in [2.24, 2.45) is 5.73 Å². The molecule has 0 saturated carbocycles. The normalized spacial score (nSPS) is 11.9. The number of amides is 1. The lowest BCUT2D eigenvalue weighted by molar-refractivity contribution is -0.385. The van der Waals surface area contributed by atoms with Crippen LogP contribution >= 0.6 is 0 Å². The standard InChI is InChI=1S/C11H15N3O3/c1-2-9(12)11(15)13-7-8-5-3-4-6-10(8)14(16)17/h3-6,9H,2,7,12H2,1H3,(H,13,15)/t9-/m0/s1. The number of hydrogen-bond donors (Lipinski definition) is 2. The quantitative estimate of drug-likeness (QED) is 0.588. The first kappa shape index (κ1) is 13.1. The molecule has 6 heteroatoms. The summed E-state index contributed by atoms with van der Waals surface area (Å²) in [7, 11) is 0. The summed E-state index contributed by atoms with van der Waals surface area (Å²) in [5.41, 5.74) is 6.00. The van der Waals surface area contributed by atoms with Crippen molar-refractivity contribution in [2.45, 2.75) is 25.9 Å². The second-order valence-electron chi connectivity index (χ2n) is 3.62. The van der Waals surface area contributed by atoms with Gasteiger partial charge >= 0.3 is 0 Å². The molecule has 0 aliphatic rings. The van der Waals surface area contributed by atoms with Crippen LogP contribution in [0.5, 0.6) is 0 Å². The molecule has 0 saturated heterocycles. The molecule has 0 heterocycles. The van der Waals surface area contributed by atoms with E-state index in [0.717, 1.165) is 0 Å². The zero-order valence-corrected chi connectivity index (χ0v) is 9.55. The molecule has 17 heavy (non-hydrogen) atoms. The maximum absolute atomic E-state index is 11.4. The lowest BCUT2D eigenvalue weighted by atomic mass is 10.1. The van der Waals surface area contributed by atoms with E-state index in [0.29, 0.717) is 12.0 Å². The summed E-state index contributed by atoms with van der Waals surface area (Å²) in [6.45, 7) is 1.92. The zero-order valence-electron chi connectivity index (χ0n) is 9.55. The van der Waals surface area contributed by atoms with Crippen molar-refractivity contribution in [3.05, 3.63) is 39.9 Å². The van der Waals surface area contributed by atoms with Crippen LogP contribution in [0.25, 0.3) is 0 Å². The highest BCUT2D eigenvalue weighted by molar-refractivity contribution is 5.81. The topological polar surface area (TPSA) is 98.3 Å². The number of carbonyl (C=O) groups is 1. The number of hydrogen-bond acceptors (Lipinski definition) is 4. The Bertz CT molecular complexity index is 420. The number of nitrogens with zero attached hydrogens (tertiary/aromatic N) is 1.